The molecule has 2 amide bonds. The Morgan fingerprint density at radius 3 is 2.24 bits per heavy atom. The van der Waals surface area contributed by atoms with Crippen LogP contribution in [0.1, 0.15) is 43.7 Å². The SMILES string of the molecule is CC(C)N(C(=O)O)[C@@H]1CN(C(=O)C2CCN(c3ccc(C(F)(F)F)cn3)CC2)C[C@H]1c1ccc(Cl)cc1. The highest BCUT2D eigenvalue weighted by Gasteiger charge is 2.44. The number of pyridine rings is 1. The lowest BCUT2D eigenvalue weighted by molar-refractivity contribution is -0.138. The summed E-state index contributed by atoms with van der Waals surface area (Å²) in [4.78, 5) is 34.7. The minimum absolute atomic E-state index is 0.0180. The summed E-state index contributed by atoms with van der Waals surface area (Å²) in [6, 6.07) is 9.02. The molecule has 11 heteroatoms. The van der Waals surface area contributed by atoms with Gasteiger partial charge in [-0.3, -0.25) is 4.79 Å². The fourth-order valence-corrected chi connectivity index (χ4v) is 5.51. The lowest BCUT2D eigenvalue weighted by atomic mass is 9.92. The fraction of sp³-hybridized carbons (Fsp3) is 0.500. The van der Waals surface area contributed by atoms with Gasteiger partial charge in [-0.2, -0.15) is 13.2 Å². The topological polar surface area (TPSA) is 77.0 Å². The molecule has 2 aliphatic heterocycles. The number of halogens is 4. The van der Waals surface area contributed by atoms with E-state index >= 15 is 0 Å². The van der Waals surface area contributed by atoms with E-state index in [0.717, 1.165) is 17.8 Å². The second kappa shape index (κ2) is 10.8. The molecule has 2 saturated heterocycles. The normalized spacial score (nSPS) is 20.9. The van der Waals surface area contributed by atoms with Crippen molar-refractivity contribution in [2.75, 3.05) is 31.1 Å². The second-order valence-corrected chi connectivity index (χ2v) is 10.4. The van der Waals surface area contributed by atoms with Gasteiger partial charge in [0.05, 0.1) is 11.6 Å². The molecule has 0 saturated carbocycles. The number of hydrogen-bond acceptors (Lipinski definition) is 4. The van der Waals surface area contributed by atoms with Crippen LogP contribution < -0.4 is 4.90 Å². The fourth-order valence-electron chi connectivity index (χ4n) is 5.39. The Labute approximate surface area is 218 Å². The van der Waals surface area contributed by atoms with Crippen LogP contribution in [-0.4, -0.2) is 70.2 Å². The zero-order valence-corrected chi connectivity index (χ0v) is 21.4. The maximum absolute atomic E-state index is 13.5. The Hall–Kier alpha value is -3.01. The molecule has 1 aromatic carbocycles. The van der Waals surface area contributed by atoms with Gasteiger partial charge in [0.25, 0.3) is 0 Å². The summed E-state index contributed by atoms with van der Waals surface area (Å²) < 4.78 is 38.5. The summed E-state index contributed by atoms with van der Waals surface area (Å²) >= 11 is 6.06. The summed E-state index contributed by atoms with van der Waals surface area (Å²) in [5, 5.41) is 10.5. The molecule has 200 valence electrons. The van der Waals surface area contributed by atoms with Gasteiger partial charge in [0.1, 0.15) is 5.82 Å². The van der Waals surface area contributed by atoms with Gasteiger partial charge in [-0.1, -0.05) is 23.7 Å². The highest BCUT2D eigenvalue weighted by atomic mass is 35.5. The van der Waals surface area contributed by atoms with Crippen molar-refractivity contribution in [1.29, 1.82) is 0 Å². The van der Waals surface area contributed by atoms with Gasteiger partial charge >= 0.3 is 12.3 Å². The Bertz CT molecular complexity index is 1100. The van der Waals surface area contributed by atoms with Gasteiger partial charge in [-0.05, 0) is 56.5 Å². The number of carbonyl (C=O) groups excluding carboxylic acids is 1. The monoisotopic (exact) mass is 538 g/mol. The quantitative estimate of drug-likeness (QED) is 0.555. The van der Waals surface area contributed by atoms with Gasteiger partial charge in [-0.25, -0.2) is 9.78 Å². The van der Waals surface area contributed by atoms with Crippen molar-refractivity contribution in [2.45, 2.75) is 50.9 Å². The maximum Gasteiger partial charge on any atom is 0.417 e. The number of nitrogens with zero attached hydrogens (tertiary/aromatic N) is 4. The first-order valence-corrected chi connectivity index (χ1v) is 12.7. The molecule has 2 fully saturated rings. The summed E-state index contributed by atoms with van der Waals surface area (Å²) in [7, 11) is 0. The van der Waals surface area contributed by atoms with E-state index in [4.69, 9.17) is 11.6 Å². The number of carbonyl (C=O) groups is 2. The predicted octanol–water partition coefficient (Wildman–Crippen LogP) is 5.35. The Morgan fingerprint density at radius 1 is 1.08 bits per heavy atom. The largest absolute Gasteiger partial charge is 0.465 e. The number of piperidine rings is 1. The van der Waals surface area contributed by atoms with E-state index in [1.54, 1.807) is 17.0 Å². The average molecular weight is 539 g/mol. The second-order valence-electron chi connectivity index (χ2n) is 9.92. The number of rotatable bonds is 5. The zero-order chi connectivity index (χ0) is 26.9. The summed E-state index contributed by atoms with van der Waals surface area (Å²) in [6.07, 6.45) is -3.54. The van der Waals surface area contributed by atoms with Crippen LogP contribution in [0.15, 0.2) is 42.6 Å². The molecule has 3 heterocycles. The Morgan fingerprint density at radius 2 is 1.73 bits per heavy atom. The van der Waals surface area contributed by atoms with Crippen molar-refractivity contribution in [2.24, 2.45) is 5.92 Å². The van der Waals surface area contributed by atoms with Crippen molar-refractivity contribution in [1.82, 2.24) is 14.8 Å². The Balaban J connectivity index is 1.45. The molecule has 0 aliphatic carbocycles. The van der Waals surface area contributed by atoms with Crippen molar-refractivity contribution in [3.8, 4) is 0 Å². The average Bonchev–Trinajstić information content (AvgIpc) is 3.28. The summed E-state index contributed by atoms with van der Waals surface area (Å²) in [5.41, 5.74) is 0.136. The number of likely N-dealkylation sites (tertiary alicyclic amines) is 1. The van der Waals surface area contributed by atoms with Crippen LogP contribution >= 0.6 is 11.6 Å². The van der Waals surface area contributed by atoms with Crippen LogP contribution in [0.25, 0.3) is 0 Å². The van der Waals surface area contributed by atoms with Crippen molar-refractivity contribution < 1.29 is 27.9 Å². The van der Waals surface area contributed by atoms with Gasteiger partial charge < -0.3 is 19.8 Å². The molecule has 2 atom stereocenters. The smallest absolute Gasteiger partial charge is 0.417 e. The third-order valence-electron chi connectivity index (χ3n) is 7.28. The Kier molecular flexibility index (Phi) is 7.87. The van der Waals surface area contributed by atoms with E-state index in [9.17, 15) is 27.9 Å². The highest BCUT2D eigenvalue weighted by Crippen LogP contribution is 2.35. The molecule has 2 aromatic rings. The lowest BCUT2D eigenvalue weighted by Gasteiger charge is -2.34. The van der Waals surface area contributed by atoms with Crippen molar-refractivity contribution in [3.05, 3.63) is 58.7 Å². The lowest BCUT2D eigenvalue weighted by Crippen LogP contribution is -2.48. The molecular weight excluding hydrogens is 509 g/mol. The molecule has 0 radical (unpaired) electrons. The predicted molar refractivity (Wildman–Crippen MR) is 134 cm³/mol. The molecule has 1 aromatic heterocycles. The van der Waals surface area contributed by atoms with E-state index in [2.05, 4.69) is 4.98 Å². The van der Waals surface area contributed by atoms with Crippen LogP contribution in [0.5, 0.6) is 0 Å². The number of hydrogen-bond donors (Lipinski definition) is 1. The number of aromatic nitrogens is 1. The number of anilines is 1. The standard InChI is InChI=1S/C26H30ClF3N4O3/c1-16(2)34(25(36)37)22-15-33(14-21(22)17-3-6-20(27)7-4-17)24(35)18-9-11-32(12-10-18)23-8-5-19(13-31-23)26(28,29)30/h3-8,13,16,18,21-22H,9-12,14-15H2,1-2H3,(H,36,37)/t21-,22+/m0/s1. The molecular formula is C26H30ClF3N4O3. The van der Waals surface area contributed by atoms with Gasteiger partial charge in [0, 0.05) is 55.3 Å². The molecule has 2 aliphatic rings. The van der Waals surface area contributed by atoms with E-state index < -0.39 is 17.8 Å². The molecule has 0 spiro atoms. The first kappa shape index (κ1) is 27.0. The zero-order valence-electron chi connectivity index (χ0n) is 20.7. The molecule has 0 bridgehead atoms. The number of benzene rings is 1. The third kappa shape index (κ3) is 5.95. The van der Waals surface area contributed by atoms with Crippen LogP contribution in [0.4, 0.5) is 23.8 Å². The van der Waals surface area contributed by atoms with E-state index in [0.29, 0.717) is 49.9 Å². The van der Waals surface area contributed by atoms with Gasteiger partial charge in [0.2, 0.25) is 5.91 Å². The van der Waals surface area contributed by atoms with Gasteiger partial charge in [-0.15, -0.1) is 0 Å². The molecule has 37 heavy (non-hydrogen) atoms. The first-order valence-electron chi connectivity index (χ1n) is 12.3. The van der Waals surface area contributed by atoms with E-state index in [1.165, 1.54) is 11.0 Å². The molecule has 7 nitrogen and oxygen atoms in total. The van der Waals surface area contributed by atoms with Crippen LogP contribution in [0.2, 0.25) is 5.02 Å². The van der Waals surface area contributed by atoms with Crippen molar-refractivity contribution in [3.63, 3.8) is 0 Å². The number of amides is 2. The first-order chi connectivity index (χ1) is 17.5. The van der Waals surface area contributed by atoms with E-state index in [1.807, 2.05) is 30.9 Å². The molecule has 4 rings (SSSR count). The summed E-state index contributed by atoms with van der Waals surface area (Å²) in [6.45, 7) is 5.35. The van der Waals surface area contributed by atoms with Gasteiger partial charge in [0.15, 0.2) is 0 Å². The van der Waals surface area contributed by atoms with Crippen LogP contribution in [0, 0.1) is 5.92 Å². The minimum Gasteiger partial charge on any atom is -0.465 e. The highest BCUT2D eigenvalue weighted by molar-refractivity contribution is 6.30. The molecule has 0 unspecified atom stereocenters. The maximum atomic E-state index is 13.5. The van der Waals surface area contributed by atoms with Crippen molar-refractivity contribution >= 4 is 29.4 Å². The van der Waals surface area contributed by atoms with Crippen LogP contribution in [-0.2, 0) is 11.0 Å². The van der Waals surface area contributed by atoms with E-state index in [-0.39, 0.29) is 29.8 Å². The number of alkyl halides is 3. The summed E-state index contributed by atoms with van der Waals surface area (Å²) in [5.74, 6) is 0.0105. The minimum atomic E-state index is -4.44. The molecule has 1 N–H and O–H groups in total. The number of carboxylic acid groups (broad SMARTS) is 1. The van der Waals surface area contributed by atoms with Crippen LogP contribution in [0.3, 0.4) is 0 Å². The third-order valence-corrected chi connectivity index (χ3v) is 7.53.